The largest absolute Gasteiger partial charge is 0.494 e. The summed E-state index contributed by atoms with van der Waals surface area (Å²) in [4.78, 5) is 145. The lowest BCUT2D eigenvalue weighted by Gasteiger charge is -2.32. The first kappa shape index (κ1) is 59.3. The number of aromatic nitrogens is 1. The van der Waals surface area contributed by atoms with E-state index in [0.717, 1.165) is 35.9 Å². The molecule has 75 heavy (non-hydrogen) atoms. The summed E-state index contributed by atoms with van der Waals surface area (Å²) in [6.07, 6.45) is -1.08. The van der Waals surface area contributed by atoms with Crippen LogP contribution >= 0.6 is 11.8 Å². The number of primary amides is 1. The van der Waals surface area contributed by atoms with Gasteiger partial charge in [0.1, 0.15) is 48.6 Å². The molecule has 28 heteroatoms. The molecule has 0 unspecified atom stereocenters. The van der Waals surface area contributed by atoms with Crippen LogP contribution in [-0.4, -0.2) is 184 Å². The smallest absolute Gasteiger partial charge is 0.248 e. The van der Waals surface area contributed by atoms with Crippen LogP contribution in [0.25, 0.3) is 10.9 Å². The maximum Gasteiger partial charge on any atom is 0.248 e. The van der Waals surface area contributed by atoms with Gasteiger partial charge in [-0.2, -0.15) is 0 Å². The van der Waals surface area contributed by atoms with Crippen LogP contribution in [0.3, 0.4) is 0 Å². The number of carbonyl (C=O) groups is 10. The Morgan fingerprint density at radius 1 is 0.867 bits per heavy atom. The molecule has 0 saturated carbocycles. The predicted octanol–water partition coefficient (Wildman–Crippen LogP) is -4.70. The highest BCUT2D eigenvalue weighted by Gasteiger charge is 2.45. The Bertz CT molecular complexity index is 2410. The molecule has 4 heterocycles. The zero-order valence-electron chi connectivity index (χ0n) is 42.1. The molecule has 16 N–H and O–H groups in total. The number of hydrogen-bond donors (Lipinski definition) is 14. The number of nitrogens with zero attached hydrogens (tertiary/aromatic N) is 1. The molecule has 3 aliphatic rings. The highest BCUT2D eigenvalue weighted by Crippen LogP contribution is 2.34. The number of unbranched alkanes of at least 4 members (excludes halogenated alkanes) is 3. The van der Waals surface area contributed by atoms with Crippen molar-refractivity contribution in [3.8, 4) is 5.75 Å². The highest BCUT2D eigenvalue weighted by atomic mass is 32.2. The topological polar surface area (TPSA) is 417 Å². The number of fused-ring (bicyclic) bond motifs is 5. The molecule has 1 fully saturated rings. The van der Waals surface area contributed by atoms with Crippen molar-refractivity contribution in [2.24, 2.45) is 23.5 Å². The van der Waals surface area contributed by atoms with E-state index >= 15 is 0 Å². The molecule has 0 spiro atoms. The first-order chi connectivity index (χ1) is 35.7. The van der Waals surface area contributed by atoms with E-state index in [4.69, 9.17) is 16.4 Å². The first-order valence-corrected chi connectivity index (χ1v) is 25.8. The Kier molecular flexibility index (Phi) is 22.4. The number of amides is 10. The molecule has 3 aliphatic heterocycles. The number of nitrogens with two attached hydrogens (primary N) is 2. The van der Waals surface area contributed by atoms with Gasteiger partial charge in [-0.05, 0) is 36.5 Å². The molecule has 1 saturated heterocycles. The van der Waals surface area contributed by atoms with E-state index in [1.165, 1.54) is 6.92 Å². The maximum atomic E-state index is 14.6. The van der Waals surface area contributed by atoms with E-state index in [1.807, 2.05) is 0 Å². The number of ether oxygens (including phenoxy) is 1. The lowest BCUT2D eigenvalue weighted by atomic mass is 9.93. The summed E-state index contributed by atoms with van der Waals surface area (Å²) >= 11 is 0.986. The third-order valence-electron chi connectivity index (χ3n) is 13.2. The van der Waals surface area contributed by atoms with Crippen LogP contribution in [0.5, 0.6) is 5.75 Å². The standard InChI is InChI=1S/C47H70N12O15S/c1-4-23(2)39-44(70)52-17-36(64)53-32-22-75-46-28(27-10-9-26(14-29(27)56-46)73-12-8-6-5-7-11-50-38(66)21-74-49)15-30(41(67)51-18-37(65)57-39)54-45(71)40(24(3)34(62)20-60)58-43(69)33-13-25(61)19-59(33)47(72)31(16-35(48)63)55-42(32)68/h9-10,14,23-25,30-34,39-40,56,60-62H,4-8,11-13,15-22,49H2,1-3H3,(H2,48,63)(H,50,66)(H,51,67)(H,52,70)(H,53,64)(H,54,71)(H,55,68)(H,57,65)(H,58,69)/t23-,24-,25+,30+,31-,32-,33-,34-,39-,40-/m0/s1. The van der Waals surface area contributed by atoms with Gasteiger partial charge in [0.15, 0.2) is 0 Å². The molecule has 1 aromatic heterocycles. The fourth-order valence-corrected chi connectivity index (χ4v) is 9.89. The maximum absolute atomic E-state index is 14.6. The van der Waals surface area contributed by atoms with Gasteiger partial charge in [-0.15, -0.1) is 11.8 Å². The van der Waals surface area contributed by atoms with Crippen LogP contribution in [0.4, 0.5) is 0 Å². The van der Waals surface area contributed by atoms with E-state index in [9.17, 15) is 63.3 Å². The van der Waals surface area contributed by atoms with E-state index in [0.29, 0.717) is 53.2 Å². The normalized spacial score (nSPS) is 24.9. The number of aliphatic hydroxyl groups excluding tert-OH is 3. The van der Waals surface area contributed by atoms with E-state index < -0.39 is 146 Å². The van der Waals surface area contributed by atoms with Crippen LogP contribution < -0.4 is 58.9 Å². The Hall–Kier alpha value is -6.59. The van der Waals surface area contributed by atoms with Gasteiger partial charge in [0, 0.05) is 49.1 Å². The quantitative estimate of drug-likeness (QED) is 0.0523. The Balaban J connectivity index is 1.61. The predicted molar refractivity (Wildman–Crippen MR) is 267 cm³/mol. The zero-order valence-corrected chi connectivity index (χ0v) is 42.9. The van der Waals surface area contributed by atoms with Crippen molar-refractivity contribution in [3.63, 3.8) is 0 Å². The van der Waals surface area contributed by atoms with Crippen LogP contribution in [-0.2, 0) is 59.2 Å². The Labute approximate surface area is 436 Å². The minimum Gasteiger partial charge on any atom is -0.494 e. The van der Waals surface area contributed by atoms with Gasteiger partial charge >= 0.3 is 0 Å². The summed E-state index contributed by atoms with van der Waals surface area (Å²) in [6.45, 7) is 2.61. The highest BCUT2D eigenvalue weighted by molar-refractivity contribution is 7.99. The lowest BCUT2D eigenvalue weighted by molar-refractivity contribution is -0.144. The number of rotatable bonds is 17. The molecule has 1 aromatic carbocycles. The van der Waals surface area contributed by atoms with Crippen LogP contribution in [0.1, 0.15) is 71.3 Å². The molecule has 10 atom stereocenters. The van der Waals surface area contributed by atoms with Gasteiger partial charge in [0.05, 0.1) is 55.5 Å². The second kappa shape index (κ2) is 28.3. The molecule has 10 amide bonds. The van der Waals surface area contributed by atoms with E-state index in [2.05, 4.69) is 52.4 Å². The van der Waals surface area contributed by atoms with E-state index in [1.54, 1.807) is 32.0 Å². The Morgan fingerprint density at radius 2 is 1.57 bits per heavy atom. The van der Waals surface area contributed by atoms with Gasteiger partial charge in [0.25, 0.3) is 0 Å². The minimum atomic E-state index is -1.76. The molecule has 414 valence electrons. The average molecular weight is 1080 g/mol. The van der Waals surface area contributed by atoms with Gasteiger partial charge in [0.2, 0.25) is 59.1 Å². The summed E-state index contributed by atoms with van der Waals surface area (Å²) in [7, 11) is 0. The van der Waals surface area contributed by atoms with E-state index in [-0.39, 0.29) is 31.1 Å². The molecule has 0 radical (unpaired) electrons. The third kappa shape index (κ3) is 16.7. The monoisotopic (exact) mass is 1070 g/mol. The van der Waals surface area contributed by atoms with Crippen molar-refractivity contribution in [1.82, 2.24) is 52.4 Å². The summed E-state index contributed by atoms with van der Waals surface area (Å²) in [5.41, 5.74) is 6.41. The van der Waals surface area contributed by atoms with Gasteiger partial charge in [-0.1, -0.05) is 40.0 Å². The molecule has 2 bridgehead atoms. The van der Waals surface area contributed by atoms with Gasteiger partial charge in [-0.3, -0.25) is 52.8 Å². The molecule has 2 aromatic rings. The lowest BCUT2D eigenvalue weighted by Crippen LogP contribution is -2.62. The molecule has 0 aliphatic carbocycles. The fourth-order valence-electron chi connectivity index (χ4n) is 8.77. The SMILES string of the molecule is CC[C@H](C)[C@@H]1NC(=O)CNC(=O)[C@H]2Cc3c([nH]c4cc(OCCCCCCNC(=O)CON)ccc34)SC[C@H](NC(=O)CNC1=O)C(=O)N[C@@H](CC(N)=O)C(=O)N1C[C@H](O)C[C@H]1C(=O)N[C@@H]([C@@H](C)[C@@H](O)CO)C(=O)N2. The summed E-state index contributed by atoms with van der Waals surface area (Å²) < 4.78 is 6.08. The van der Waals surface area contributed by atoms with Crippen molar-refractivity contribution in [3.05, 3.63) is 23.8 Å². The number of aromatic amines is 1. The number of carbonyl (C=O) groups excluding carboxylic acids is 10. The van der Waals surface area contributed by atoms with Crippen LogP contribution in [0.2, 0.25) is 0 Å². The molecule has 27 nitrogen and oxygen atoms in total. The summed E-state index contributed by atoms with van der Waals surface area (Å²) in [5, 5.41) is 53.0. The van der Waals surface area contributed by atoms with Crippen molar-refractivity contribution in [2.75, 3.05) is 51.8 Å². The van der Waals surface area contributed by atoms with Gasteiger partial charge < -0.3 is 78.2 Å². The van der Waals surface area contributed by atoms with Gasteiger partial charge in [-0.25, -0.2) is 5.90 Å². The van der Waals surface area contributed by atoms with Crippen LogP contribution in [0, 0.1) is 11.8 Å². The number of hydrogen-bond acceptors (Lipinski definition) is 17. The number of H-pyrrole nitrogens is 1. The average Bonchev–Trinajstić information content (AvgIpc) is 3.94. The summed E-state index contributed by atoms with van der Waals surface area (Å²) in [5.74, 6) is -5.50. The van der Waals surface area contributed by atoms with Crippen molar-refractivity contribution in [1.29, 1.82) is 0 Å². The third-order valence-corrected chi connectivity index (χ3v) is 14.4. The van der Waals surface area contributed by atoms with Crippen molar-refractivity contribution in [2.45, 2.75) is 126 Å². The van der Waals surface area contributed by atoms with Crippen molar-refractivity contribution >= 4 is 81.7 Å². The van der Waals surface area contributed by atoms with Crippen molar-refractivity contribution < 1.29 is 72.8 Å². The molecular formula is C47H70N12O15S. The van der Waals surface area contributed by atoms with Crippen LogP contribution in [0.15, 0.2) is 23.2 Å². The second-order valence-electron chi connectivity index (χ2n) is 18.8. The minimum absolute atomic E-state index is 0.237. The number of benzene rings is 1. The molecule has 5 rings (SSSR count). The Morgan fingerprint density at radius 3 is 2.27 bits per heavy atom. The summed E-state index contributed by atoms with van der Waals surface area (Å²) in [6, 6.07) is -4.27. The zero-order chi connectivity index (χ0) is 54.9. The fraction of sp³-hybridized carbons (Fsp3) is 0.617. The number of thioether (sulfide) groups is 1. The number of aliphatic hydroxyl groups is 3. The number of nitrogens with one attached hydrogen (secondary N) is 9. The first-order valence-electron chi connectivity index (χ1n) is 24.8. The second-order valence-corrected chi connectivity index (χ2v) is 19.9. The molecular weight excluding hydrogens is 1000 g/mol.